The van der Waals surface area contributed by atoms with Gasteiger partial charge in [-0.2, -0.15) is 0 Å². The molecule has 1 amide bonds. The molecule has 0 spiro atoms. The second kappa shape index (κ2) is 8.68. The number of ether oxygens (including phenoxy) is 1. The van der Waals surface area contributed by atoms with E-state index in [2.05, 4.69) is 14.9 Å². The average Bonchev–Trinajstić information content (AvgIpc) is 2.75. The molecule has 1 aromatic heterocycles. The number of piperazine rings is 1. The Morgan fingerprint density at radius 2 is 1.66 bits per heavy atom. The number of halogens is 2. The third-order valence-electron chi connectivity index (χ3n) is 4.63. The highest BCUT2D eigenvalue weighted by atomic mass is 35.5. The zero-order valence-electron chi connectivity index (χ0n) is 15.5. The van der Waals surface area contributed by atoms with Crippen LogP contribution in [0.1, 0.15) is 10.4 Å². The van der Waals surface area contributed by atoms with Crippen LogP contribution in [-0.4, -0.2) is 47.0 Å². The number of anilines is 1. The Hall–Kier alpha value is -2.83. The predicted octanol–water partition coefficient (Wildman–Crippen LogP) is 4.54. The summed E-state index contributed by atoms with van der Waals surface area (Å²) in [6.07, 6.45) is 1.48. The molecular formula is C21H18Cl2N4O2. The van der Waals surface area contributed by atoms with Crippen molar-refractivity contribution in [2.24, 2.45) is 0 Å². The number of benzene rings is 2. The standard InChI is InChI=1S/C21H18Cl2N4O2/c22-16-4-6-18(7-5-16)29-20-13-19(24-14-25-20)26-8-10-27(11-9-26)21(28)15-2-1-3-17(23)12-15/h1-7,12-14H,8-11H2. The fourth-order valence-corrected chi connectivity index (χ4v) is 3.44. The molecule has 3 aromatic rings. The average molecular weight is 429 g/mol. The van der Waals surface area contributed by atoms with E-state index in [1.54, 1.807) is 54.6 Å². The van der Waals surface area contributed by atoms with Gasteiger partial charge < -0.3 is 14.5 Å². The lowest BCUT2D eigenvalue weighted by Gasteiger charge is -2.35. The van der Waals surface area contributed by atoms with Crippen LogP contribution in [-0.2, 0) is 0 Å². The van der Waals surface area contributed by atoms with Crippen molar-refractivity contribution >= 4 is 34.9 Å². The van der Waals surface area contributed by atoms with E-state index in [4.69, 9.17) is 27.9 Å². The summed E-state index contributed by atoms with van der Waals surface area (Å²) in [6, 6.07) is 15.9. The molecular weight excluding hydrogens is 411 g/mol. The summed E-state index contributed by atoms with van der Waals surface area (Å²) >= 11 is 11.9. The van der Waals surface area contributed by atoms with E-state index in [9.17, 15) is 4.79 Å². The molecule has 0 saturated carbocycles. The van der Waals surface area contributed by atoms with Gasteiger partial charge in [0.05, 0.1) is 0 Å². The highest BCUT2D eigenvalue weighted by molar-refractivity contribution is 6.31. The Morgan fingerprint density at radius 3 is 2.38 bits per heavy atom. The number of amides is 1. The van der Waals surface area contributed by atoms with Crippen LogP contribution in [0.25, 0.3) is 0 Å². The minimum Gasteiger partial charge on any atom is -0.439 e. The van der Waals surface area contributed by atoms with E-state index >= 15 is 0 Å². The Labute approximate surface area is 178 Å². The van der Waals surface area contributed by atoms with Crippen molar-refractivity contribution in [2.75, 3.05) is 31.1 Å². The molecule has 148 valence electrons. The normalized spacial score (nSPS) is 14.0. The first-order chi connectivity index (χ1) is 14.1. The van der Waals surface area contributed by atoms with Crippen LogP contribution in [0.4, 0.5) is 5.82 Å². The number of carbonyl (C=O) groups excluding carboxylic acids is 1. The van der Waals surface area contributed by atoms with E-state index in [1.165, 1.54) is 6.33 Å². The first-order valence-corrected chi connectivity index (χ1v) is 9.89. The van der Waals surface area contributed by atoms with E-state index < -0.39 is 0 Å². The fraction of sp³-hybridized carbons (Fsp3) is 0.190. The SMILES string of the molecule is O=C(c1cccc(Cl)c1)N1CCN(c2cc(Oc3ccc(Cl)cc3)ncn2)CC1. The van der Waals surface area contributed by atoms with Crippen molar-refractivity contribution in [1.82, 2.24) is 14.9 Å². The summed E-state index contributed by atoms with van der Waals surface area (Å²) in [5.41, 5.74) is 0.603. The Balaban J connectivity index is 1.39. The van der Waals surface area contributed by atoms with Crippen molar-refractivity contribution in [3.63, 3.8) is 0 Å². The molecule has 0 unspecified atom stereocenters. The molecule has 1 fully saturated rings. The maximum atomic E-state index is 12.7. The van der Waals surface area contributed by atoms with Crippen molar-refractivity contribution in [1.29, 1.82) is 0 Å². The minimum atomic E-state index is -0.0124. The molecule has 2 heterocycles. The lowest BCUT2D eigenvalue weighted by molar-refractivity contribution is 0.0746. The van der Waals surface area contributed by atoms with Gasteiger partial charge in [0.25, 0.3) is 5.91 Å². The van der Waals surface area contributed by atoms with Crippen LogP contribution < -0.4 is 9.64 Å². The second-order valence-corrected chi connectivity index (χ2v) is 7.43. The monoisotopic (exact) mass is 428 g/mol. The Kier molecular flexibility index (Phi) is 5.83. The molecule has 0 atom stereocenters. The summed E-state index contributed by atoms with van der Waals surface area (Å²) in [7, 11) is 0. The predicted molar refractivity (Wildman–Crippen MR) is 113 cm³/mol. The lowest BCUT2D eigenvalue weighted by Crippen LogP contribution is -2.49. The molecule has 2 aromatic carbocycles. The molecule has 1 saturated heterocycles. The van der Waals surface area contributed by atoms with Gasteiger partial charge in [0.15, 0.2) is 0 Å². The van der Waals surface area contributed by atoms with Gasteiger partial charge in [-0.25, -0.2) is 9.97 Å². The summed E-state index contributed by atoms with van der Waals surface area (Å²) in [5.74, 6) is 1.85. The number of rotatable bonds is 4. The molecule has 0 bridgehead atoms. The highest BCUT2D eigenvalue weighted by Gasteiger charge is 2.23. The first kappa shape index (κ1) is 19.5. The third-order valence-corrected chi connectivity index (χ3v) is 5.11. The summed E-state index contributed by atoms with van der Waals surface area (Å²) < 4.78 is 5.78. The van der Waals surface area contributed by atoms with Crippen molar-refractivity contribution in [3.05, 3.63) is 76.5 Å². The topological polar surface area (TPSA) is 58.6 Å². The molecule has 1 aliphatic heterocycles. The van der Waals surface area contributed by atoms with Crippen LogP contribution in [0.3, 0.4) is 0 Å². The molecule has 0 aliphatic carbocycles. The fourth-order valence-electron chi connectivity index (χ4n) is 3.12. The van der Waals surface area contributed by atoms with E-state index in [0.29, 0.717) is 53.4 Å². The van der Waals surface area contributed by atoms with Gasteiger partial charge in [0.1, 0.15) is 17.9 Å². The van der Waals surface area contributed by atoms with Crippen LogP contribution >= 0.6 is 23.2 Å². The van der Waals surface area contributed by atoms with E-state index in [-0.39, 0.29) is 5.91 Å². The molecule has 29 heavy (non-hydrogen) atoms. The van der Waals surface area contributed by atoms with Gasteiger partial charge in [-0.05, 0) is 42.5 Å². The van der Waals surface area contributed by atoms with E-state index in [1.807, 2.05) is 4.90 Å². The van der Waals surface area contributed by atoms with Gasteiger partial charge in [0.2, 0.25) is 5.88 Å². The summed E-state index contributed by atoms with van der Waals surface area (Å²) in [6.45, 7) is 2.54. The van der Waals surface area contributed by atoms with Crippen LogP contribution in [0.2, 0.25) is 10.0 Å². The molecule has 0 N–H and O–H groups in total. The maximum absolute atomic E-state index is 12.7. The Bertz CT molecular complexity index is 1010. The molecule has 0 radical (unpaired) electrons. The zero-order valence-corrected chi connectivity index (χ0v) is 17.0. The molecule has 1 aliphatic rings. The highest BCUT2D eigenvalue weighted by Crippen LogP contribution is 2.24. The first-order valence-electron chi connectivity index (χ1n) is 9.14. The van der Waals surface area contributed by atoms with Gasteiger partial charge in [-0.15, -0.1) is 0 Å². The number of carbonyl (C=O) groups is 1. The van der Waals surface area contributed by atoms with Gasteiger partial charge in [-0.1, -0.05) is 29.3 Å². The number of hydrogen-bond acceptors (Lipinski definition) is 5. The molecule has 8 heteroatoms. The maximum Gasteiger partial charge on any atom is 0.254 e. The summed E-state index contributed by atoms with van der Waals surface area (Å²) in [5, 5.41) is 1.20. The molecule has 4 rings (SSSR count). The minimum absolute atomic E-state index is 0.0124. The van der Waals surface area contributed by atoms with Crippen LogP contribution in [0.5, 0.6) is 11.6 Å². The quantitative estimate of drug-likeness (QED) is 0.610. The van der Waals surface area contributed by atoms with Gasteiger partial charge in [0, 0.05) is 47.9 Å². The zero-order chi connectivity index (χ0) is 20.2. The van der Waals surface area contributed by atoms with Crippen molar-refractivity contribution in [3.8, 4) is 11.6 Å². The lowest BCUT2D eigenvalue weighted by atomic mass is 10.2. The third kappa shape index (κ3) is 4.78. The largest absolute Gasteiger partial charge is 0.439 e. The second-order valence-electron chi connectivity index (χ2n) is 6.56. The van der Waals surface area contributed by atoms with E-state index in [0.717, 1.165) is 5.82 Å². The number of aromatic nitrogens is 2. The Morgan fingerprint density at radius 1 is 0.897 bits per heavy atom. The number of nitrogens with zero attached hydrogens (tertiary/aromatic N) is 4. The van der Waals surface area contributed by atoms with Gasteiger partial charge in [-0.3, -0.25) is 4.79 Å². The van der Waals surface area contributed by atoms with Crippen molar-refractivity contribution < 1.29 is 9.53 Å². The van der Waals surface area contributed by atoms with Gasteiger partial charge >= 0.3 is 0 Å². The van der Waals surface area contributed by atoms with Crippen LogP contribution in [0.15, 0.2) is 60.9 Å². The molecule has 6 nitrogen and oxygen atoms in total. The smallest absolute Gasteiger partial charge is 0.254 e. The van der Waals surface area contributed by atoms with Crippen LogP contribution in [0, 0.1) is 0 Å². The number of hydrogen-bond donors (Lipinski definition) is 0. The van der Waals surface area contributed by atoms with Crippen molar-refractivity contribution in [2.45, 2.75) is 0 Å². The summed E-state index contributed by atoms with van der Waals surface area (Å²) in [4.78, 5) is 25.1.